The van der Waals surface area contributed by atoms with Crippen molar-refractivity contribution in [3.8, 4) is 0 Å². The van der Waals surface area contributed by atoms with Crippen LogP contribution in [0.25, 0.3) is 0 Å². The van der Waals surface area contributed by atoms with Crippen LogP contribution in [0.3, 0.4) is 0 Å². The van der Waals surface area contributed by atoms with E-state index in [0.29, 0.717) is 12.1 Å². The van der Waals surface area contributed by atoms with Crippen LogP contribution in [0.5, 0.6) is 0 Å². The monoisotopic (exact) mass is 252 g/mol. The Balaban J connectivity index is 2.67. The van der Waals surface area contributed by atoms with Crippen LogP contribution in [-0.4, -0.2) is 35.8 Å². The molecule has 2 atom stereocenters. The number of rotatable bonds is 6. The van der Waals surface area contributed by atoms with Gasteiger partial charge in [-0.1, -0.05) is 24.3 Å². The summed E-state index contributed by atoms with van der Waals surface area (Å²) in [5.41, 5.74) is 1.67. The van der Waals surface area contributed by atoms with Gasteiger partial charge in [-0.15, -0.1) is 0 Å². The maximum Gasteiger partial charge on any atom is 0.216 e. The first-order valence-corrected chi connectivity index (χ1v) is 5.88. The van der Waals surface area contributed by atoms with E-state index in [9.17, 15) is 15.0 Å². The molecule has 2 unspecified atom stereocenters. The number of benzene rings is 1. The van der Waals surface area contributed by atoms with Crippen molar-refractivity contribution in [2.45, 2.75) is 25.7 Å². The van der Waals surface area contributed by atoms with Crippen LogP contribution in [0.4, 0.5) is 0 Å². The molecule has 0 saturated carbocycles. The first-order chi connectivity index (χ1) is 8.54. The zero-order valence-corrected chi connectivity index (χ0v) is 10.7. The molecular formula is C13H20N2O3. The van der Waals surface area contributed by atoms with Gasteiger partial charge in [-0.25, -0.2) is 0 Å². The quantitative estimate of drug-likeness (QED) is 0.571. The molecular weight excluding hydrogens is 232 g/mol. The fraction of sp³-hybridized carbons (Fsp3) is 0.462. The van der Waals surface area contributed by atoms with Crippen LogP contribution in [0, 0.1) is 0 Å². The largest absolute Gasteiger partial charge is 0.388 e. The van der Waals surface area contributed by atoms with Gasteiger partial charge in [0.25, 0.3) is 0 Å². The summed E-state index contributed by atoms with van der Waals surface area (Å²) >= 11 is 0. The molecule has 100 valence electrons. The second kappa shape index (κ2) is 7.10. The van der Waals surface area contributed by atoms with Gasteiger partial charge in [0.05, 0.1) is 0 Å². The van der Waals surface area contributed by atoms with Gasteiger partial charge in [-0.05, 0) is 18.2 Å². The van der Waals surface area contributed by atoms with E-state index in [1.54, 1.807) is 6.07 Å². The van der Waals surface area contributed by atoms with Crippen molar-refractivity contribution in [1.82, 2.24) is 10.6 Å². The van der Waals surface area contributed by atoms with Gasteiger partial charge in [0.15, 0.2) is 0 Å². The van der Waals surface area contributed by atoms with E-state index in [1.807, 2.05) is 25.2 Å². The van der Waals surface area contributed by atoms with E-state index >= 15 is 0 Å². The van der Waals surface area contributed by atoms with E-state index < -0.39 is 12.2 Å². The highest BCUT2D eigenvalue weighted by Crippen LogP contribution is 2.18. The van der Waals surface area contributed by atoms with Crippen LogP contribution >= 0.6 is 0 Å². The Labute approximate surface area is 107 Å². The zero-order valence-electron chi connectivity index (χ0n) is 10.7. The summed E-state index contributed by atoms with van der Waals surface area (Å²) in [6, 6.07) is 7.35. The normalized spacial score (nSPS) is 14.0. The predicted molar refractivity (Wildman–Crippen MR) is 68.9 cm³/mol. The summed E-state index contributed by atoms with van der Waals surface area (Å²) in [5.74, 6) is -0.231. The van der Waals surface area contributed by atoms with Crippen LogP contribution in [0.1, 0.15) is 24.2 Å². The van der Waals surface area contributed by atoms with E-state index in [0.717, 1.165) is 5.56 Å². The first kappa shape index (κ1) is 14.6. The topological polar surface area (TPSA) is 81.6 Å². The Hall–Kier alpha value is -1.43. The number of nitrogens with one attached hydrogen (secondary N) is 2. The van der Waals surface area contributed by atoms with E-state index in [4.69, 9.17) is 0 Å². The number of aliphatic hydroxyl groups is 2. The summed E-state index contributed by atoms with van der Waals surface area (Å²) in [7, 11) is 1.84. The number of hydrogen-bond donors (Lipinski definition) is 4. The number of carbonyl (C=O) groups excluding carboxylic acids is 1. The molecule has 0 aromatic heterocycles. The molecule has 1 rings (SSSR count). The molecule has 0 fully saturated rings. The van der Waals surface area contributed by atoms with Crippen LogP contribution in [-0.2, 0) is 11.3 Å². The summed E-state index contributed by atoms with van der Waals surface area (Å²) in [6.07, 6.45) is -2.02. The van der Waals surface area contributed by atoms with Crippen molar-refractivity contribution >= 4 is 5.91 Å². The number of carbonyl (C=O) groups is 1. The van der Waals surface area contributed by atoms with E-state index in [1.165, 1.54) is 6.92 Å². The molecule has 0 radical (unpaired) electrons. The summed E-state index contributed by atoms with van der Waals surface area (Å²) in [6.45, 7) is 2.10. The fourth-order valence-electron chi connectivity index (χ4n) is 1.67. The van der Waals surface area contributed by atoms with Gasteiger partial charge in [0, 0.05) is 20.0 Å². The Morgan fingerprint density at radius 1 is 1.39 bits per heavy atom. The standard InChI is InChI=1S/C13H20N2O3/c1-9(16)15-8-12(17)13(18)11-5-3-4-10(6-11)7-14-2/h3-6,12-14,17-18H,7-8H2,1-2H3,(H,15,16). The average Bonchev–Trinajstić information content (AvgIpc) is 2.35. The molecule has 0 aliphatic carbocycles. The smallest absolute Gasteiger partial charge is 0.216 e. The molecule has 1 amide bonds. The minimum absolute atomic E-state index is 0.0345. The lowest BCUT2D eigenvalue weighted by Gasteiger charge is -2.19. The molecule has 1 aromatic rings. The highest BCUT2D eigenvalue weighted by Gasteiger charge is 2.18. The summed E-state index contributed by atoms with van der Waals surface area (Å²) in [4.78, 5) is 10.7. The molecule has 0 aliphatic heterocycles. The van der Waals surface area contributed by atoms with Crippen molar-refractivity contribution in [3.05, 3.63) is 35.4 Å². The molecule has 0 spiro atoms. The molecule has 4 N–H and O–H groups in total. The minimum atomic E-state index is -1.02. The van der Waals surface area contributed by atoms with Crippen molar-refractivity contribution < 1.29 is 15.0 Å². The fourth-order valence-corrected chi connectivity index (χ4v) is 1.67. The molecule has 5 nitrogen and oxygen atoms in total. The Morgan fingerprint density at radius 3 is 2.72 bits per heavy atom. The minimum Gasteiger partial charge on any atom is -0.388 e. The van der Waals surface area contributed by atoms with Crippen LogP contribution in [0.2, 0.25) is 0 Å². The van der Waals surface area contributed by atoms with Crippen molar-refractivity contribution in [2.75, 3.05) is 13.6 Å². The van der Waals surface area contributed by atoms with Gasteiger partial charge in [-0.3, -0.25) is 4.79 Å². The van der Waals surface area contributed by atoms with Gasteiger partial charge in [0.2, 0.25) is 5.91 Å². The second-order valence-electron chi connectivity index (χ2n) is 4.22. The lowest BCUT2D eigenvalue weighted by atomic mass is 10.0. The molecule has 1 aromatic carbocycles. The second-order valence-corrected chi connectivity index (χ2v) is 4.22. The molecule has 0 heterocycles. The number of aliphatic hydroxyl groups excluding tert-OH is 2. The SMILES string of the molecule is CNCc1cccc(C(O)C(O)CNC(C)=O)c1. The Bertz CT molecular complexity index is 396. The Kier molecular flexibility index (Phi) is 5.77. The van der Waals surface area contributed by atoms with Crippen molar-refractivity contribution in [3.63, 3.8) is 0 Å². The maximum atomic E-state index is 10.7. The van der Waals surface area contributed by atoms with Gasteiger partial charge >= 0.3 is 0 Å². The molecule has 0 aliphatic rings. The van der Waals surface area contributed by atoms with Crippen LogP contribution < -0.4 is 10.6 Å². The Morgan fingerprint density at radius 2 is 2.11 bits per heavy atom. The van der Waals surface area contributed by atoms with Gasteiger partial charge < -0.3 is 20.8 Å². The van der Waals surface area contributed by atoms with E-state index in [2.05, 4.69) is 10.6 Å². The van der Waals surface area contributed by atoms with Gasteiger partial charge in [-0.2, -0.15) is 0 Å². The molecule has 0 saturated heterocycles. The van der Waals surface area contributed by atoms with Crippen LogP contribution in [0.15, 0.2) is 24.3 Å². The van der Waals surface area contributed by atoms with Crippen molar-refractivity contribution in [2.24, 2.45) is 0 Å². The highest BCUT2D eigenvalue weighted by atomic mass is 16.3. The van der Waals surface area contributed by atoms with E-state index in [-0.39, 0.29) is 12.5 Å². The third-order valence-electron chi connectivity index (χ3n) is 2.60. The third kappa shape index (κ3) is 4.44. The molecule has 18 heavy (non-hydrogen) atoms. The third-order valence-corrected chi connectivity index (χ3v) is 2.60. The maximum absolute atomic E-state index is 10.7. The van der Waals surface area contributed by atoms with Gasteiger partial charge in [0.1, 0.15) is 12.2 Å². The zero-order chi connectivity index (χ0) is 13.5. The lowest BCUT2D eigenvalue weighted by molar-refractivity contribution is -0.119. The summed E-state index contributed by atoms with van der Waals surface area (Å²) < 4.78 is 0. The first-order valence-electron chi connectivity index (χ1n) is 5.88. The van der Waals surface area contributed by atoms with Crippen molar-refractivity contribution in [1.29, 1.82) is 0 Å². The predicted octanol–water partition coefficient (Wildman–Crippen LogP) is -0.0636. The number of hydrogen-bond acceptors (Lipinski definition) is 4. The highest BCUT2D eigenvalue weighted by molar-refractivity contribution is 5.72. The lowest BCUT2D eigenvalue weighted by Crippen LogP contribution is -2.34. The average molecular weight is 252 g/mol. The number of amides is 1. The molecule has 0 bridgehead atoms. The summed E-state index contributed by atoms with van der Waals surface area (Å²) in [5, 5.41) is 25.2. The molecule has 5 heteroatoms.